The largest absolute Gasteiger partial charge is 0.495 e. The van der Waals surface area contributed by atoms with Gasteiger partial charge in [0.1, 0.15) is 12.4 Å². The Kier molecular flexibility index (Phi) is 7.51. The third-order valence-electron chi connectivity index (χ3n) is 6.99. The van der Waals surface area contributed by atoms with Gasteiger partial charge in [-0.25, -0.2) is 14.4 Å². The zero-order valence-electron chi connectivity index (χ0n) is 22.3. The number of anilines is 3. The molecular weight excluding hydrogens is 503 g/mol. The Hall–Kier alpha value is -4.38. The van der Waals surface area contributed by atoms with Crippen molar-refractivity contribution in [1.82, 2.24) is 20.2 Å². The molecule has 1 atom stereocenters. The number of carbonyl (C=O) groups excluding carboxylic acids is 1. The Labute approximate surface area is 226 Å². The number of hydrogen-bond acceptors (Lipinski definition) is 9. The fourth-order valence-corrected chi connectivity index (χ4v) is 4.86. The average Bonchev–Trinajstić information content (AvgIpc) is 3.54. The molecule has 11 heteroatoms. The zero-order valence-corrected chi connectivity index (χ0v) is 22.3. The fourth-order valence-electron chi connectivity index (χ4n) is 4.86. The molecule has 1 unspecified atom stereocenters. The molecule has 0 bridgehead atoms. The number of methoxy groups -OCH3 is 2. The molecule has 0 spiro atoms. The van der Waals surface area contributed by atoms with Crippen LogP contribution >= 0.6 is 0 Å². The van der Waals surface area contributed by atoms with E-state index in [1.165, 1.54) is 44.3 Å². The van der Waals surface area contributed by atoms with Crippen LogP contribution < -0.4 is 29.7 Å². The molecule has 5 rings (SSSR count). The number of carbonyl (C=O) groups is 1. The van der Waals surface area contributed by atoms with Crippen molar-refractivity contribution in [2.75, 3.05) is 58.2 Å². The van der Waals surface area contributed by atoms with Crippen LogP contribution in [0.1, 0.15) is 15.9 Å². The Morgan fingerprint density at radius 1 is 1.13 bits per heavy atom. The molecule has 204 valence electrons. The number of hydrogen-bond donors (Lipinski definition) is 2. The molecule has 2 N–H and O–H groups in total. The van der Waals surface area contributed by atoms with E-state index in [9.17, 15) is 9.18 Å². The third kappa shape index (κ3) is 5.44. The van der Waals surface area contributed by atoms with Crippen LogP contribution in [-0.4, -0.2) is 74.8 Å². The van der Waals surface area contributed by atoms with Gasteiger partial charge in [0, 0.05) is 49.6 Å². The van der Waals surface area contributed by atoms with Gasteiger partial charge in [-0.1, -0.05) is 6.08 Å². The average molecular weight is 535 g/mol. The summed E-state index contributed by atoms with van der Waals surface area (Å²) in [6.45, 7) is 2.71. The van der Waals surface area contributed by atoms with Crippen LogP contribution in [0.2, 0.25) is 0 Å². The molecular formula is C28H31FN6O4. The molecule has 39 heavy (non-hydrogen) atoms. The number of aromatic nitrogens is 2. The van der Waals surface area contributed by atoms with Crippen LogP contribution in [0.3, 0.4) is 0 Å². The number of fused-ring (bicyclic) bond motifs is 1. The molecule has 1 saturated heterocycles. The lowest BCUT2D eigenvalue weighted by atomic mass is 10.1. The van der Waals surface area contributed by atoms with E-state index in [1.54, 1.807) is 7.11 Å². The number of rotatable bonds is 9. The SMILES string of the molecule is CNC(=O)c1cc(COc2cnc(Nc3ccc(N4CC5=CCN(C)C5C4)c(OC)c3)nc2)c(F)c(OC)c1. The molecule has 2 aliphatic heterocycles. The van der Waals surface area contributed by atoms with Gasteiger partial charge >= 0.3 is 0 Å². The van der Waals surface area contributed by atoms with Crippen molar-refractivity contribution in [3.05, 3.63) is 71.3 Å². The van der Waals surface area contributed by atoms with E-state index in [-0.39, 0.29) is 29.4 Å². The van der Waals surface area contributed by atoms with E-state index in [1.807, 2.05) is 18.2 Å². The van der Waals surface area contributed by atoms with E-state index in [0.717, 1.165) is 36.8 Å². The van der Waals surface area contributed by atoms with Crippen molar-refractivity contribution in [3.63, 3.8) is 0 Å². The molecule has 1 aromatic heterocycles. The minimum atomic E-state index is -0.595. The van der Waals surface area contributed by atoms with Crippen LogP contribution in [0.5, 0.6) is 17.2 Å². The first-order valence-corrected chi connectivity index (χ1v) is 12.5. The summed E-state index contributed by atoms with van der Waals surface area (Å²) in [6.07, 6.45) is 5.30. The Morgan fingerprint density at radius 2 is 1.90 bits per heavy atom. The quantitative estimate of drug-likeness (QED) is 0.400. The maximum absolute atomic E-state index is 14.7. The van der Waals surface area contributed by atoms with Crippen LogP contribution in [-0.2, 0) is 6.61 Å². The van der Waals surface area contributed by atoms with Gasteiger partial charge in [-0.15, -0.1) is 0 Å². The number of likely N-dealkylation sites (N-methyl/N-ethyl adjacent to an activating group) is 1. The van der Waals surface area contributed by atoms with Crippen LogP contribution in [0.4, 0.5) is 21.7 Å². The number of halogens is 1. The summed E-state index contributed by atoms with van der Waals surface area (Å²) in [5.74, 6) is 0.488. The predicted molar refractivity (Wildman–Crippen MR) is 146 cm³/mol. The van der Waals surface area contributed by atoms with Gasteiger partial charge < -0.3 is 29.7 Å². The minimum Gasteiger partial charge on any atom is -0.495 e. The summed E-state index contributed by atoms with van der Waals surface area (Å²) in [6, 6.07) is 9.15. The summed E-state index contributed by atoms with van der Waals surface area (Å²) in [5, 5.41) is 5.69. The molecule has 1 fully saturated rings. The summed E-state index contributed by atoms with van der Waals surface area (Å²) in [5.41, 5.74) is 3.72. The minimum absolute atomic E-state index is 0.0380. The van der Waals surface area contributed by atoms with E-state index in [0.29, 0.717) is 17.7 Å². The molecule has 2 aromatic carbocycles. The molecule has 0 aliphatic carbocycles. The summed E-state index contributed by atoms with van der Waals surface area (Å²) in [7, 11) is 6.65. The van der Waals surface area contributed by atoms with Gasteiger partial charge in [0.2, 0.25) is 5.95 Å². The number of benzene rings is 2. The van der Waals surface area contributed by atoms with Crippen molar-refractivity contribution < 1.29 is 23.4 Å². The molecule has 1 amide bonds. The Bertz CT molecular complexity index is 1400. The van der Waals surface area contributed by atoms with E-state index in [2.05, 4.69) is 43.5 Å². The lowest BCUT2D eigenvalue weighted by Gasteiger charge is -2.24. The maximum Gasteiger partial charge on any atom is 0.251 e. The Morgan fingerprint density at radius 3 is 2.59 bits per heavy atom. The van der Waals surface area contributed by atoms with E-state index < -0.39 is 5.82 Å². The van der Waals surface area contributed by atoms with Gasteiger partial charge in [-0.05, 0) is 36.9 Å². The maximum atomic E-state index is 14.7. The molecule has 3 heterocycles. The van der Waals surface area contributed by atoms with Crippen molar-refractivity contribution in [1.29, 1.82) is 0 Å². The second-order valence-electron chi connectivity index (χ2n) is 9.39. The second kappa shape index (κ2) is 11.2. The highest BCUT2D eigenvalue weighted by atomic mass is 19.1. The highest BCUT2D eigenvalue weighted by Gasteiger charge is 2.34. The van der Waals surface area contributed by atoms with Gasteiger partial charge in [0.05, 0.1) is 38.3 Å². The van der Waals surface area contributed by atoms with Gasteiger partial charge in [-0.3, -0.25) is 9.69 Å². The number of nitrogens with one attached hydrogen (secondary N) is 2. The molecule has 0 radical (unpaired) electrons. The summed E-state index contributed by atoms with van der Waals surface area (Å²) in [4.78, 5) is 25.3. The lowest BCUT2D eigenvalue weighted by molar-refractivity contribution is 0.0962. The standard InChI is InChI=1S/C28H31FN6O4/c1-30-27(36)18-9-19(26(29)25(10-18)38-4)16-39-21-12-31-28(32-13-21)33-20-5-6-22(24(11-20)37-3)35-14-17-7-8-34(2)23(17)15-35/h5-7,9-13,23H,8,14-16H2,1-4H3,(H,30,36)(H,31,32,33). The predicted octanol–water partition coefficient (Wildman–Crippen LogP) is 3.38. The van der Waals surface area contributed by atoms with Crippen LogP contribution in [0.25, 0.3) is 0 Å². The van der Waals surface area contributed by atoms with Crippen molar-refractivity contribution in [3.8, 4) is 17.2 Å². The van der Waals surface area contributed by atoms with Crippen molar-refractivity contribution in [2.24, 2.45) is 0 Å². The number of ether oxygens (including phenoxy) is 3. The van der Waals surface area contributed by atoms with Gasteiger partial charge in [-0.2, -0.15) is 0 Å². The smallest absolute Gasteiger partial charge is 0.251 e. The van der Waals surface area contributed by atoms with Crippen molar-refractivity contribution in [2.45, 2.75) is 12.6 Å². The molecule has 0 saturated carbocycles. The monoisotopic (exact) mass is 534 g/mol. The fraction of sp³-hybridized carbons (Fsp3) is 0.321. The Balaban J connectivity index is 1.24. The van der Waals surface area contributed by atoms with Gasteiger partial charge in [0.25, 0.3) is 5.91 Å². The van der Waals surface area contributed by atoms with Gasteiger partial charge in [0.15, 0.2) is 17.3 Å². The third-order valence-corrected chi connectivity index (χ3v) is 6.99. The second-order valence-corrected chi connectivity index (χ2v) is 9.39. The highest BCUT2D eigenvalue weighted by molar-refractivity contribution is 5.94. The highest BCUT2D eigenvalue weighted by Crippen LogP contribution is 2.37. The number of amides is 1. The first-order chi connectivity index (χ1) is 18.9. The van der Waals surface area contributed by atoms with E-state index in [4.69, 9.17) is 14.2 Å². The topological polar surface area (TPSA) is 101 Å². The zero-order chi connectivity index (χ0) is 27.5. The first kappa shape index (κ1) is 26.2. The summed E-state index contributed by atoms with van der Waals surface area (Å²) >= 11 is 0. The van der Waals surface area contributed by atoms with Crippen LogP contribution in [0.15, 0.2) is 54.4 Å². The van der Waals surface area contributed by atoms with Crippen molar-refractivity contribution >= 4 is 23.2 Å². The first-order valence-electron chi connectivity index (χ1n) is 12.5. The van der Waals surface area contributed by atoms with Crippen LogP contribution in [0, 0.1) is 5.82 Å². The van der Waals surface area contributed by atoms with E-state index >= 15 is 0 Å². The molecule has 3 aromatic rings. The normalized spacial score (nSPS) is 16.5. The molecule has 2 aliphatic rings. The molecule has 10 nitrogen and oxygen atoms in total. The number of nitrogens with zero attached hydrogens (tertiary/aromatic N) is 4. The lowest BCUT2D eigenvalue weighted by Crippen LogP contribution is -2.32. The summed E-state index contributed by atoms with van der Waals surface area (Å²) < 4.78 is 31.1.